The van der Waals surface area contributed by atoms with Crippen LogP contribution in [0.5, 0.6) is 0 Å². The molecule has 37 heavy (non-hydrogen) atoms. The standard InChI is InChI=1S/C30H33N3O3S/c34-27(16-17-28(35)36-23-18-24-10-4-1-5-11-24)31-30(37)33-21-19-32(20-22-33)29(25-12-6-2-7-13-25)26-14-8-3-9-15-26/h1-15,29H,16-23H2,(H,31,34,37). The van der Waals surface area contributed by atoms with E-state index in [1.54, 1.807) is 0 Å². The van der Waals surface area contributed by atoms with Crippen molar-refractivity contribution in [2.75, 3.05) is 32.8 Å². The van der Waals surface area contributed by atoms with Gasteiger partial charge in [-0.05, 0) is 28.9 Å². The zero-order valence-electron chi connectivity index (χ0n) is 20.9. The summed E-state index contributed by atoms with van der Waals surface area (Å²) in [4.78, 5) is 28.9. The van der Waals surface area contributed by atoms with Crippen LogP contribution in [0.3, 0.4) is 0 Å². The van der Waals surface area contributed by atoms with Gasteiger partial charge in [0.15, 0.2) is 5.11 Å². The van der Waals surface area contributed by atoms with Crippen molar-refractivity contribution in [2.45, 2.75) is 25.3 Å². The van der Waals surface area contributed by atoms with E-state index in [4.69, 9.17) is 17.0 Å². The molecule has 4 rings (SSSR count). The number of amides is 1. The predicted octanol–water partition coefficient (Wildman–Crippen LogP) is 4.36. The Morgan fingerprint density at radius 3 is 1.89 bits per heavy atom. The topological polar surface area (TPSA) is 61.9 Å². The number of piperazine rings is 1. The SMILES string of the molecule is O=C(CCC(=O)OCCc1ccccc1)NC(=S)N1CCN(C(c2ccccc2)c2ccccc2)CC1. The summed E-state index contributed by atoms with van der Waals surface area (Å²) < 4.78 is 5.26. The smallest absolute Gasteiger partial charge is 0.306 e. The molecule has 1 fully saturated rings. The molecule has 1 aliphatic heterocycles. The summed E-state index contributed by atoms with van der Waals surface area (Å²) in [6.45, 7) is 3.38. The van der Waals surface area contributed by atoms with Gasteiger partial charge in [-0.15, -0.1) is 0 Å². The highest BCUT2D eigenvalue weighted by atomic mass is 32.1. The zero-order chi connectivity index (χ0) is 25.9. The Kier molecular flexibility index (Phi) is 9.80. The van der Waals surface area contributed by atoms with Gasteiger partial charge in [-0.25, -0.2) is 0 Å². The fraction of sp³-hybridized carbons (Fsp3) is 0.300. The van der Waals surface area contributed by atoms with E-state index >= 15 is 0 Å². The number of hydrogen-bond acceptors (Lipinski definition) is 5. The van der Waals surface area contributed by atoms with Gasteiger partial charge in [0.1, 0.15) is 0 Å². The summed E-state index contributed by atoms with van der Waals surface area (Å²) in [6.07, 6.45) is 0.742. The summed E-state index contributed by atoms with van der Waals surface area (Å²) in [5.41, 5.74) is 3.62. The lowest BCUT2D eigenvalue weighted by Crippen LogP contribution is -2.53. The van der Waals surface area contributed by atoms with Crippen molar-refractivity contribution in [1.29, 1.82) is 0 Å². The van der Waals surface area contributed by atoms with E-state index in [2.05, 4.69) is 58.7 Å². The Labute approximate surface area is 224 Å². The van der Waals surface area contributed by atoms with Crippen molar-refractivity contribution in [3.05, 3.63) is 108 Å². The Morgan fingerprint density at radius 2 is 1.32 bits per heavy atom. The maximum Gasteiger partial charge on any atom is 0.306 e. The minimum absolute atomic E-state index is 0.0346. The van der Waals surface area contributed by atoms with Gasteiger partial charge in [0.05, 0.1) is 19.1 Å². The molecule has 0 aromatic heterocycles. The Balaban J connectivity index is 1.21. The highest BCUT2D eigenvalue weighted by Gasteiger charge is 2.27. The summed E-state index contributed by atoms with van der Waals surface area (Å²) >= 11 is 5.50. The molecule has 0 bridgehead atoms. The van der Waals surface area contributed by atoms with Gasteiger partial charge in [-0.1, -0.05) is 91.0 Å². The van der Waals surface area contributed by atoms with Crippen LogP contribution in [0, 0.1) is 0 Å². The number of nitrogens with one attached hydrogen (secondary N) is 1. The van der Waals surface area contributed by atoms with Crippen molar-refractivity contribution < 1.29 is 14.3 Å². The van der Waals surface area contributed by atoms with Gasteiger partial charge in [0.25, 0.3) is 0 Å². The number of ether oxygens (including phenoxy) is 1. The van der Waals surface area contributed by atoms with Crippen molar-refractivity contribution in [2.24, 2.45) is 0 Å². The van der Waals surface area contributed by atoms with Gasteiger partial charge < -0.3 is 15.0 Å². The number of nitrogens with zero attached hydrogens (tertiary/aromatic N) is 2. The molecule has 0 atom stereocenters. The lowest BCUT2D eigenvalue weighted by atomic mass is 9.96. The maximum atomic E-state index is 12.4. The first-order valence-corrected chi connectivity index (χ1v) is 13.1. The van der Waals surface area contributed by atoms with Crippen LogP contribution in [0.4, 0.5) is 0 Å². The highest BCUT2D eigenvalue weighted by Crippen LogP contribution is 2.29. The number of rotatable bonds is 9. The third-order valence-corrected chi connectivity index (χ3v) is 6.86. The molecule has 1 amide bonds. The van der Waals surface area contributed by atoms with Crippen LogP contribution in [0.2, 0.25) is 0 Å². The molecule has 0 radical (unpaired) electrons. The van der Waals surface area contributed by atoms with Crippen LogP contribution >= 0.6 is 12.2 Å². The van der Waals surface area contributed by atoms with Gasteiger partial charge in [0, 0.05) is 39.0 Å². The molecule has 192 valence electrons. The molecule has 0 unspecified atom stereocenters. The minimum Gasteiger partial charge on any atom is -0.465 e. The molecule has 3 aromatic carbocycles. The summed E-state index contributed by atoms with van der Waals surface area (Å²) in [6, 6.07) is 31.1. The second-order valence-corrected chi connectivity index (χ2v) is 9.44. The monoisotopic (exact) mass is 515 g/mol. The lowest BCUT2D eigenvalue weighted by Gasteiger charge is -2.40. The molecule has 7 heteroatoms. The predicted molar refractivity (Wildman–Crippen MR) is 149 cm³/mol. The van der Waals surface area contributed by atoms with Crippen LogP contribution in [0.15, 0.2) is 91.0 Å². The van der Waals surface area contributed by atoms with Gasteiger partial charge in [0.2, 0.25) is 5.91 Å². The molecular weight excluding hydrogens is 482 g/mol. The molecule has 1 saturated heterocycles. The number of carbonyl (C=O) groups is 2. The lowest BCUT2D eigenvalue weighted by molar-refractivity contribution is -0.144. The first-order valence-electron chi connectivity index (χ1n) is 12.7. The van der Waals surface area contributed by atoms with Gasteiger partial charge in [-0.3, -0.25) is 14.5 Å². The first-order chi connectivity index (χ1) is 18.1. The fourth-order valence-corrected chi connectivity index (χ4v) is 4.84. The van der Waals surface area contributed by atoms with Crippen LogP contribution < -0.4 is 5.32 Å². The number of benzene rings is 3. The Morgan fingerprint density at radius 1 is 0.784 bits per heavy atom. The molecule has 1 heterocycles. The summed E-state index contributed by atoms with van der Waals surface area (Å²) in [5.74, 6) is -0.641. The molecule has 6 nitrogen and oxygen atoms in total. The minimum atomic E-state index is -0.376. The number of hydrogen-bond donors (Lipinski definition) is 1. The van der Waals surface area contributed by atoms with E-state index < -0.39 is 0 Å². The molecule has 0 saturated carbocycles. The largest absolute Gasteiger partial charge is 0.465 e. The highest BCUT2D eigenvalue weighted by molar-refractivity contribution is 7.80. The van der Waals surface area contributed by atoms with Crippen LogP contribution in [-0.2, 0) is 20.7 Å². The van der Waals surface area contributed by atoms with Gasteiger partial charge >= 0.3 is 5.97 Å². The van der Waals surface area contributed by atoms with E-state index in [0.29, 0.717) is 18.1 Å². The average Bonchev–Trinajstić information content (AvgIpc) is 2.94. The molecule has 0 aliphatic carbocycles. The summed E-state index contributed by atoms with van der Waals surface area (Å²) in [5, 5.41) is 3.20. The zero-order valence-corrected chi connectivity index (χ0v) is 21.7. The normalized spacial score (nSPS) is 13.8. The third-order valence-electron chi connectivity index (χ3n) is 6.50. The number of thiocarbonyl (C=S) groups is 1. The van der Waals surface area contributed by atoms with Crippen LogP contribution in [-0.4, -0.2) is 59.6 Å². The maximum absolute atomic E-state index is 12.4. The van der Waals surface area contributed by atoms with Crippen LogP contribution in [0.25, 0.3) is 0 Å². The van der Waals surface area contributed by atoms with Gasteiger partial charge in [-0.2, -0.15) is 0 Å². The van der Waals surface area contributed by atoms with E-state index in [-0.39, 0.29) is 30.8 Å². The summed E-state index contributed by atoms with van der Waals surface area (Å²) in [7, 11) is 0. The van der Waals surface area contributed by atoms with Crippen LogP contribution in [0.1, 0.15) is 35.6 Å². The molecule has 1 aliphatic rings. The van der Waals surface area contributed by atoms with E-state index in [1.807, 2.05) is 47.4 Å². The Bertz CT molecular complexity index is 1110. The van der Waals surface area contributed by atoms with E-state index in [1.165, 1.54) is 11.1 Å². The van der Waals surface area contributed by atoms with Crippen molar-refractivity contribution >= 4 is 29.2 Å². The van der Waals surface area contributed by atoms with Crippen molar-refractivity contribution in [3.8, 4) is 0 Å². The number of carbonyl (C=O) groups excluding carboxylic acids is 2. The Hall–Kier alpha value is -3.55. The molecular formula is C30H33N3O3S. The fourth-order valence-electron chi connectivity index (χ4n) is 4.54. The molecule has 1 N–H and O–H groups in total. The van der Waals surface area contributed by atoms with E-state index in [0.717, 1.165) is 31.7 Å². The average molecular weight is 516 g/mol. The quantitative estimate of drug-likeness (QED) is 0.338. The van der Waals surface area contributed by atoms with Crippen molar-refractivity contribution in [1.82, 2.24) is 15.1 Å². The second kappa shape index (κ2) is 13.7. The first kappa shape index (κ1) is 26.5. The van der Waals surface area contributed by atoms with E-state index in [9.17, 15) is 9.59 Å². The molecule has 0 spiro atoms. The third kappa shape index (κ3) is 7.97. The number of esters is 1. The molecule has 3 aromatic rings. The van der Waals surface area contributed by atoms with Crippen molar-refractivity contribution in [3.63, 3.8) is 0 Å². The second-order valence-electron chi connectivity index (χ2n) is 9.06.